The Morgan fingerprint density at radius 3 is 2.50 bits per heavy atom. The molecule has 0 radical (unpaired) electrons. The number of para-hydroxylation sites is 1. The Morgan fingerprint density at radius 2 is 1.88 bits per heavy atom. The highest BCUT2D eigenvalue weighted by Crippen LogP contribution is 2.29. The molecule has 1 N–H and O–H groups in total. The van der Waals surface area contributed by atoms with E-state index < -0.39 is 6.09 Å². The van der Waals surface area contributed by atoms with E-state index in [-0.39, 0.29) is 12.1 Å². The topological polar surface area (TPSA) is 44.8 Å². The number of benzene rings is 1. The predicted molar refractivity (Wildman–Crippen MR) is 106 cm³/mol. The van der Waals surface area contributed by atoms with Crippen molar-refractivity contribution >= 4 is 17.4 Å². The summed E-state index contributed by atoms with van der Waals surface area (Å²) in [6, 6.07) is 13.5. The van der Waals surface area contributed by atoms with Gasteiger partial charge in [-0.25, -0.2) is 4.79 Å². The molecule has 6 heteroatoms. The van der Waals surface area contributed by atoms with E-state index in [1.54, 1.807) is 23.5 Å². The van der Waals surface area contributed by atoms with Gasteiger partial charge in [-0.2, -0.15) is 0 Å². The molecule has 3 rings (SSSR count). The van der Waals surface area contributed by atoms with Crippen LogP contribution < -0.4 is 10.1 Å². The first kappa shape index (κ1) is 18.9. The summed E-state index contributed by atoms with van der Waals surface area (Å²) in [5.41, 5.74) is 0. The number of amides is 1. The molecular weight excluding hydrogens is 346 g/mol. The molecule has 0 spiro atoms. The van der Waals surface area contributed by atoms with E-state index in [4.69, 9.17) is 4.74 Å². The van der Waals surface area contributed by atoms with Crippen molar-refractivity contribution in [3.63, 3.8) is 0 Å². The molecule has 1 aliphatic rings. The summed E-state index contributed by atoms with van der Waals surface area (Å²) in [6.45, 7) is 9.51. The largest absolute Gasteiger partial charge is 0.412 e. The summed E-state index contributed by atoms with van der Waals surface area (Å²) < 4.78 is 5.40. The lowest BCUT2D eigenvalue weighted by Crippen LogP contribution is -2.52. The smallest absolute Gasteiger partial charge is 0.410 e. The Kier molecular flexibility index (Phi) is 6.66. The van der Waals surface area contributed by atoms with Crippen LogP contribution in [0.15, 0.2) is 47.8 Å². The molecule has 0 aliphatic carbocycles. The Labute approximate surface area is 159 Å². The summed E-state index contributed by atoms with van der Waals surface area (Å²) in [5, 5.41) is 5.13. The van der Waals surface area contributed by atoms with Gasteiger partial charge >= 0.3 is 6.09 Å². The maximum atomic E-state index is 12.3. The first-order chi connectivity index (χ1) is 12.7. The molecule has 0 bridgehead atoms. The van der Waals surface area contributed by atoms with E-state index in [1.165, 1.54) is 4.88 Å². The van der Waals surface area contributed by atoms with Crippen LogP contribution in [0.5, 0.6) is 5.75 Å². The number of carbonyl (C=O) groups is 1. The van der Waals surface area contributed by atoms with Crippen LogP contribution in [-0.2, 0) is 0 Å². The van der Waals surface area contributed by atoms with Gasteiger partial charge in [0.05, 0.1) is 6.04 Å². The van der Waals surface area contributed by atoms with Crippen molar-refractivity contribution in [3.8, 4) is 5.75 Å². The highest BCUT2D eigenvalue weighted by molar-refractivity contribution is 7.10. The molecule has 5 nitrogen and oxygen atoms in total. The van der Waals surface area contributed by atoms with E-state index in [9.17, 15) is 4.79 Å². The van der Waals surface area contributed by atoms with Gasteiger partial charge in [-0.3, -0.25) is 4.90 Å². The normalized spacial score (nSPS) is 18.2. The first-order valence-corrected chi connectivity index (χ1v) is 10.1. The number of piperazine rings is 1. The number of nitrogens with one attached hydrogen (secondary N) is 1. The maximum absolute atomic E-state index is 12.3. The van der Waals surface area contributed by atoms with Crippen LogP contribution in [0.1, 0.15) is 24.8 Å². The molecule has 140 valence electrons. The molecule has 26 heavy (non-hydrogen) atoms. The fourth-order valence-electron chi connectivity index (χ4n) is 3.45. The number of thiophene rings is 1. The SMILES string of the molecule is CCN1CCN([C@@H](c2cccs2)[C@@H](C)NC(=O)Oc2ccccc2)CC1. The predicted octanol–water partition coefficient (Wildman–Crippen LogP) is 3.60. The van der Waals surface area contributed by atoms with Gasteiger partial charge in [-0.15, -0.1) is 11.3 Å². The van der Waals surface area contributed by atoms with Gasteiger partial charge < -0.3 is 15.0 Å². The van der Waals surface area contributed by atoms with E-state index in [0.717, 1.165) is 32.7 Å². The van der Waals surface area contributed by atoms with E-state index in [2.05, 4.69) is 46.5 Å². The molecule has 1 aliphatic heterocycles. The molecule has 0 saturated carbocycles. The lowest BCUT2D eigenvalue weighted by atomic mass is 10.1. The van der Waals surface area contributed by atoms with Crippen molar-refractivity contribution in [2.24, 2.45) is 0 Å². The van der Waals surface area contributed by atoms with Crippen LogP contribution in [0.3, 0.4) is 0 Å². The molecule has 2 heterocycles. The van der Waals surface area contributed by atoms with Crippen LogP contribution in [0.4, 0.5) is 4.79 Å². The second kappa shape index (κ2) is 9.16. The van der Waals surface area contributed by atoms with Gasteiger partial charge in [-0.1, -0.05) is 31.2 Å². The molecule has 1 saturated heterocycles. The van der Waals surface area contributed by atoms with Crippen molar-refractivity contribution < 1.29 is 9.53 Å². The molecule has 0 unspecified atom stereocenters. The van der Waals surface area contributed by atoms with Crippen molar-refractivity contribution in [3.05, 3.63) is 52.7 Å². The van der Waals surface area contributed by atoms with Crippen molar-refractivity contribution in [2.75, 3.05) is 32.7 Å². The van der Waals surface area contributed by atoms with Crippen molar-refractivity contribution in [1.82, 2.24) is 15.1 Å². The fourth-order valence-corrected chi connectivity index (χ4v) is 4.41. The van der Waals surface area contributed by atoms with Gasteiger partial charge in [-0.05, 0) is 37.0 Å². The van der Waals surface area contributed by atoms with Crippen LogP contribution in [0, 0.1) is 0 Å². The van der Waals surface area contributed by atoms with Crippen LogP contribution in [-0.4, -0.2) is 54.7 Å². The third-order valence-electron chi connectivity index (χ3n) is 4.86. The standard InChI is InChI=1S/C20H27N3O2S/c1-3-22-11-13-23(14-12-22)19(18-10-7-15-26-18)16(2)21-20(24)25-17-8-5-4-6-9-17/h4-10,15-16,19H,3,11-14H2,1-2H3,(H,21,24)/t16-,19-/m1/s1. The Bertz CT molecular complexity index is 670. The van der Waals surface area contributed by atoms with E-state index in [0.29, 0.717) is 5.75 Å². The second-order valence-corrected chi connectivity index (χ2v) is 7.55. The highest BCUT2D eigenvalue weighted by Gasteiger charge is 2.30. The van der Waals surface area contributed by atoms with Crippen LogP contribution in [0.2, 0.25) is 0 Å². The minimum absolute atomic E-state index is 0.0435. The Hall–Kier alpha value is -1.89. The third-order valence-corrected chi connectivity index (χ3v) is 5.80. The molecule has 1 amide bonds. The zero-order chi connectivity index (χ0) is 18.4. The number of carbonyl (C=O) groups excluding carboxylic acids is 1. The average molecular weight is 374 g/mol. The summed E-state index contributed by atoms with van der Waals surface area (Å²) in [4.78, 5) is 18.5. The quantitative estimate of drug-likeness (QED) is 0.840. The number of rotatable bonds is 6. The molecule has 1 fully saturated rings. The highest BCUT2D eigenvalue weighted by atomic mass is 32.1. The van der Waals surface area contributed by atoms with Crippen LogP contribution >= 0.6 is 11.3 Å². The monoisotopic (exact) mass is 373 g/mol. The molecule has 2 atom stereocenters. The van der Waals surface area contributed by atoms with Crippen LogP contribution in [0.25, 0.3) is 0 Å². The third kappa shape index (κ3) is 4.84. The summed E-state index contributed by atoms with van der Waals surface area (Å²) in [6.07, 6.45) is -0.405. The van der Waals surface area contributed by atoms with Crippen molar-refractivity contribution in [1.29, 1.82) is 0 Å². The number of hydrogen-bond donors (Lipinski definition) is 1. The number of nitrogens with zero attached hydrogens (tertiary/aromatic N) is 2. The van der Waals surface area contributed by atoms with E-state index in [1.807, 2.05) is 18.2 Å². The number of hydrogen-bond acceptors (Lipinski definition) is 5. The minimum atomic E-state index is -0.405. The first-order valence-electron chi connectivity index (χ1n) is 9.20. The van der Waals surface area contributed by atoms with E-state index >= 15 is 0 Å². The Morgan fingerprint density at radius 1 is 1.15 bits per heavy atom. The summed E-state index contributed by atoms with van der Waals surface area (Å²) in [5.74, 6) is 0.557. The molecule has 2 aromatic rings. The fraction of sp³-hybridized carbons (Fsp3) is 0.450. The number of ether oxygens (including phenoxy) is 1. The summed E-state index contributed by atoms with van der Waals surface area (Å²) in [7, 11) is 0. The lowest BCUT2D eigenvalue weighted by Gasteiger charge is -2.41. The molecule has 1 aromatic heterocycles. The van der Waals surface area contributed by atoms with Gasteiger partial charge in [0, 0.05) is 37.1 Å². The number of likely N-dealkylation sites (N-methyl/N-ethyl adjacent to an activating group) is 1. The Balaban J connectivity index is 1.65. The van der Waals surface area contributed by atoms with Gasteiger partial charge in [0.2, 0.25) is 0 Å². The van der Waals surface area contributed by atoms with Crippen molar-refractivity contribution in [2.45, 2.75) is 25.9 Å². The van der Waals surface area contributed by atoms with Gasteiger partial charge in [0.1, 0.15) is 5.75 Å². The second-order valence-electron chi connectivity index (χ2n) is 6.57. The maximum Gasteiger partial charge on any atom is 0.412 e. The van der Waals surface area contributed by atoms with Gasteiger partial charge in [0.15, 0.2) is 0 Å². The molecular formula is C20H27N3O2S. The summed E-state index contributed by atoms with van der Waals surface area (Å²) >= 11 is 1.74. The minimum Gasteiger partial charge on any atom is -0.410 e. The molecule has 1 aromatic carbocycles. The zero-order valence-corrected chi connectivity index (χ0v) is 16.2. The lowest BCUT2D eigenvalue weighted by molar-refractivity contribution is 0.0845. The van der Waals surface area contributed by atoms with Gasteiger partial charge in [0.25, 0.3) is 0 Å². The zero-order valence-electron chi connectivity index (χ0n) is 15.4. The average Bonchev–Trinajstić information content (AvgIpc) is 3.17.